The second kappa shape index (κ2) is 4.19. The van der Waals surface area contributed by atoms with E-state index in [1.54, 1.807) is 7.11 Å². The Bertz CT molecular complexity index is 570. The highest BCUT2D eigenvalue weighted by atomic mass is 16.5. The molecule has 0 saturated carbocycles. The lowest BCUT2D eigenvalue weighted by Crippen LogP contribution is -1.92. The SMILES string of the molecule is [C-]#[N+]Cc1cc2ccc(OC)cc2nc1C. The lowest BCUT2D eigenvalue weighted by molar-refractivity contribution is 0.415. The predicted octanol–water partition coefficient (Wildman–Crippen LogP) is 2.97. The van der Waals surface area contributed by atoms with Gasteiger partial charge in [-0.1, -0.05) is 0 Å². The van der Waals surface area contributed by atoms with Crippen LogP contribution < -0.4 is 4.74 Å². The first-order chi connectivity index (χ1) is 7.74. The number of nitrogens with zero attached hydrogens (tertiary/aromatic N) is 2. The zero-order valence-corrected chi connectivity index (χ0v) is 9.32. The Balaban J connectivity index is 2.60. The smallest absolute Gasteiger partial charge is 0.241 e. The molecule has 0 fully saturated rings. The molecule has 0 atom stereocenters. The van der Waals surface area contributed by atoms with Gasteiger partial charge in [0.2, 0.25) is 6.54 Å². The molecule has 0 spiro atoms. The van der Waals surface area contributed by atoms with Crippen molar-refractivity contribution in [1.82, 2.24) is 4.98 Å². The van der Waals surface area contributed by atoms with Gasteiger partial charge in [0.15, 0.2) is 0 Å². The lowest BCUT2D eigenvalue weighted by Gasteiger charge is -2.05. The molecule has 80 valence electrons. The minimum absolute atomic E-state index is 0.390. The highest BCUT2D eigenvalue weighted by molar-refractivity contribution is 5.81. The first kappa shape index (κ1) is 10.4. The number of pyridine rings is 1. The molecule has 0 aliphatic heterocycles. The number of rotatable bonds is 2. The second-order valence-corrected chi connectivity index (χ2v) is 3.61. The van der Waals surface area contributed by atoms with Gasteiger partial charge < -0.3 is 9.58 Å². The fourth-order valence-corrected chi connectivity index (χ4v) is 1.66. The molecule has 2 aromatic rings. The molecule has 0 radical (unpaired) electrons. The molecule has 1 aromatic carbocycles. The highest BCUT2D eigenvalue weighted by Crippen LogP contribution is 2.21. The summed E-state index contributed by atoms with van der Waals surface area (Å²) in [5.74, 6) is 0.803. The van der Waals surface area contributed by atoms with Crippen molar-refractivity contribution >= 4 is 10.9 Å². The lowest BCUT2D eigenvalue weighted by atomic mass is 10.1. The number of hydrogen-bond donors (Lipinski definition) is 0. The Morgan fingerprint density at radius 1 is 1.38 bits per heavy atom. The van der Waals surface area contributed by atoms with Crippen LogP contribution in [-0.4, -0.2) is 12.1 Å². The van der Waals surface area contributed by atoms with E-state index >= 15 is 0 Å². The fraction of sp³-hybridized carbons (Fsp3) is 0.231. The van der Waals surface area contributed by atoms with Crippen molar-refractivity contribution in [3.8, 4) is 5.75 Å². The number of methoxy groups -OCH3 is 1. The van der Waals surface area contributed by atoms with Gasteiger partial charge in [-0.25, -0.2) is 6.57 Å². The number of aromatic nitrogens is 1. The molecular formula is C13H12N2O. The van der Waals surface area contributed by atoms with Crippen LogP contribution in [0, 0.1) is 13.5 Å². The van der Waals surface area contributed by atoms with E-state index in [1.165, 1.54) is 0 Å². The summed E-state index contributed by atoms with van der Waals surface area (Å²) in [5.41, 5.74) is 2.81. The Kier molecular flexibility index (Phi) is 2.74. The monoisotopic (exact) mass is 212 g/mol. The summed E-state index contributed by atoms with van der Waals surface area (Å²) < 4.78 is 5.15. The van der Waals surface area contributed by atoms with E-state index in [-0.39, 0.29) is 0 Å². The van der Waals surface area contributed by atoms with Gasteiger partial charge in [0.25, 0.3) is 0 Å². The molecule has 0 aliphatic rings. The van der Waals surface area contributed by atoms with Gasteiger partial charge in [-0.05, 0) is 25.1 Å². The van der Waals surface area contributed by atoms with Crippen molar-refractivity contribution < 1.29 is 4.74 Å². The van der Waals surface area contributed by atoms with Crippen molar-refractivity contribution in [2.24, 2.45) is 0 Å². The third kappa shape index (κ3) is 1.82. The first-order valence-electron chi connectivity index (χ1n) is 5.02. The van der Waals surface area contributed by atoms with Gasteiger partial charge in [0, 0.05) is 17.1 Å². The van der Waals surface area contributed by atoms with Crippen molar-refractivity contribution in [2.45, 2.75) is 13.5 Å². The van der Waals surface area contributed by atoms with Crippen LogP contribution in [0.15, 0.2) is 24.3 Å². The van der Waals surface area contributed by atoms with E-state index in [2.05, 4.69) is 9.83 Å². The van der Waals surface area contributed by atoms with E-state index in [0.29, 0.717) is 6.54 Å². The minimum atomic E-state index is 0.390. The van der Waals surface area contributed by atoms with Crippen molar-refractivity contribution in [3.63, 3.8) is 0 Å². The molecule has 0 aliphatic carbocycles. The van der Waals surface area contributed by atoms with Crippen molar-refractivity contribution in [3.05, 3.63) is 46.9 Å². The maximum absolute atomic E-state index is 6.89. The largest absolute Gasteiger partial charge is 0.497 e. The second-order valence-electron chi connectivity index (χ2n) is 3.61. The number of aryl methyl sites for hydroxylation is 1. The van der Waals surface area contributed by atoms with Crippen LogP contribution in [0.4, 0.5) is 0 Å². The molecule has 0 N–H and O–H groups in total. The van der Waals surface area contributed by atoms with Gasteiger partial charge >= 0.3 is 0 Å². The predicted molar refractivity (Wildman–Crippen MR) is 63.3 cm³/mol. The maximum Gasteiger partial charge on any atom is 0.241 e. The number of benzene rings is 1. The van der Waals surface area contributed by atoms with Crippen LogP contribution in [0.1, 0.15) is 11.3 Å². The molecule has 0 bridgehead atoms. The topological polar surface area (TPSA) is 26.5 Å². The molecule has 2 rings (SSSR count). The van der Waals surface area contributed by atoms with Crippen LogP contribution in [0.5, 0.6) is 5.75 Å². The summed E-state index contributed by atoms with van der Waals surface area (Å²) in [5, 5.41) is 1.05. The standard InChI is InChI=1S/C13H12N2O/c1-9-11(8-14-2)6-10-4-5-12(16-3)7-13(10)15-9/h4-7H,8H2,1,3H3. The number of hydrogen-bond acceptors (Lipinski definition) is 2. The molecule has 0 unspecified atom stereocenters. The third-order valence-corrected chi connectivity index (χ3v) is 2.57. The molecule has 3 nitrogen and oxygen atoms in total. The average Bonchev–Trinajstić information content (AvgIpc) is 2.30. The fourth-order valence-electron chi connectivity index (χ4n) is 1.66. The maximum atomic E-state index is 6.89. The van der Waals surface area contributed by atoms with E-state index < -0.39 is 0 Å². The molecule has 0 amide bonds. The highest BCUT2D eigenvalue weighted by Gasteiger charge is 2.05. The van der Waals surface area contributed by atoms with E-state index in [0.717, 1.165) is 27.9 Å². The van der Waals surface area contributed by atoms with Gasteiger partial charge in [-0.15, -0.1) is 0 Å². The average molecular weight is 212 g/mol. The van der Waals surface area contributed by atoms with Crippen LogP contribution >= 0.6 is 0 Å². The molecule has 1 aromatic heterocycles. The summed E-state index contributed by atoms with van der Waals surface area (Å²) in [7, 11) is 1.64. The summed E-state index contributed by atoms with van der Waals surface area (Å²) in [6.07, 6.45) is 0. The zero-order chi connectivity index (χ0) is 11.5. The van der Waals surface area contributed by atoms with Gasteiger partial charge in [-0.3, -0.25) is 4.98 Å². The van der Waals surface area contributed by atoms with E-state index in [9.17, 15) is 0 Å². The Morgan fingerprint density at radius 2 is 2.19 bits per heavy atom. The van der Waals surface area contributed by atoms with Crippen molar-refractivity contribution in [1.29, 1.82) is 0 Å². The summed E-state index contributed by atoms with van der Waals surface area (Å²) in [4.78, 5) is 7.87. The van der Waals surface area contributed by atoms with Crippen LogP contribution in [-0.2, 0) is 6.54 Å². The first-order valence-corrected chi connectivity index (χ1v) is 5.02. The van der Waals surface area contributed by atoms with Gasteiger partial charge in [0.1, 0.15) is 5.75 Å². The molecule has 1 heterocycles. The quantitative estimate of drug-likeness (QED) is 0.715. The normalized spacial score (nSPS) is 10.1. The Morgan fingerprint density at radius 3 is 2.88 bits per heavy atom. The number of fused-ring (bicyclic) bond motifs is 1. The van der Waals surface area contributed by atoms with E-state index in [4.69, 9.17) is 11.3 Å². The molecule has 3 heteroatoms. The minimum Gasteiger partial charge on any atom is -0.497 e. The van der Waals surface area contributed by atoms with Gasteiger partial charge in [0.05, 0.1) is 18.2 Å². The number of ether oxygens (including phenoxy) is 1. The molecule has 0 saturated heterocycles. The van der Waals surface area contributed by atoms with Gasteiger partial charge in [-0.2, -0.15) is 0 Å². The van der Waals surface area contributed by atoms with Crippen LogP contribution in [0.3, 0.4) is 0 Å². The third-order valence-electron chi connectivity index (χ3n) is 2.57. The van der Waals surface area contributed by atoms with Crippen LogP contribution in [0.25, 0.3) is 15.7 Å². The zero-order valence-electron chi connectivity index (χ0n) is 9.32. The van der Waals surface area contributed by atoms with Crippen molar-refractivity contribution in [2.75, 3.05) is 7.11 Å². The Labute approximate surface area is 94.5 Å². The van der Waals surface area contributed by atoms with E-state index in [1.807, 2.05) is 31.2 Å². The summed E-state index contributed by atoms with van der Waals surface area (Å²) >= 11 is 0. The summed E-state index contributed by atoms with van der Waals surface area (Å²) in [6, 6.07) is 7.80. The molecule has 16 heavy (non-hydrogen) atoms. The summed E-state index contributed by atoms with van der Waals surface area (Å²) in [6.45, 7) is 9.21. The Hall–Kier alpha value is -2.08. The molecular weight excluding hydrogens is 200 g/mol. The van der Waals surface area contributed by atoms with Crippen LogP contribution in [0.2, 0.25) is 0 Å².